The minimum Gasteiger partial charge on any atom is -0.355 e. The Morgan fingerprint density at radius 2 is 2.00 bits per heavy atom. The van der Waals surface area contributed by atoms with Gasteiger partial charge < -0.3 is 9.88 Å². The lowest BCUT2D eigenvalue weighted by atomic mass is 10.1. The quantitative estimate of drug-likeness (QED) is 0.654. The van der Waals surface area contributed by atoms with Gasteiger partial charge in [0.05, 0.1) is 4.90 Å². The Morgan fingerprint density at radius 3 is 2.60 bits per heavy atom. The number of nitrogens with one attached hydrogen (secondary N) is 2. The van der Waals surface area contributed by atoms with Crippen LogP contribution < -0.4 is 10.0 Å². The maximum atomic E-state index is 12.1. The zero-order chi connectivity index (χ0) is 18.4. The van der Waals surface area contributed by atoms with Crippen LogP contribution in [0.25, 0.3) is 0 Å². The number of carbonyl (C=O) groups excluding carboxylic acids is 1. The van der Waals surface area contributed by atoms with Crippen molar-refractivity contribution in [1.29, 1.82) is 0 Å². The van der Waals surface area contributed by atoms with Crippen molar-refractivity contribution in [1.82, 2.24) is 24.8 Å². The van der Waals surface area contributed by atoms with E-state index >= 15 is 0 Å². The number of aromatic nitrogens is 3. The SMILES string of the molecule is C[C@H](CNC(=O)CCNS(=O)(=O)c1ccc(Br)cc1)c1nncn1C. The summed E-state index contributed by atoms with van der Waals surface area (Å²) in [6.07, 6.45) is 1.66. The first-order chi connectivity index (χ1) is 11.8. The third kappa shape index (κ3) is 5.62. The lowest BCUT2D eigenvalue weighted by Gasteiger charge is -2.12. The smallest absolute Gasteiger partial charge is 0.240 e. The molecule has 0 unspecified atom stereocenters. The van der Waals surface area contributed by atoms with Gasteiger partial charge in [-0.05, 0) is 24.3 Å². The number of amides is 1. The zero-order valence-electron chi connectivity index (χ0n) is 13.9. The number of hydrogen-bond donors (Lipinski definition) is 2. The van der Waals surface area contributed by atoms with Crippen molar-refractivity contribution in [2.24, 2.45) is 7.05 Å². The molecule has 1 atom stereocenters. The lowest BCUT2D eigenvalue weighted by molar-refractivity contribution is -0.121. The minimum absolute atomic E-state index is 0.0101. The van der Waals surface area contributed by atoms with Gasteiger partial charge in [0.2, 0.25) is 15.9 Å². The molecule has 0 radical (unpaired) electrons. The van der Waals surface area contributed by atoms with Crippen molar-refractivity contribution in [3.8, 4) is 0 Å². The molecule has 136 valence electrons. The highest BCUT2D eigenvalue weighted by atomic mass is 79.9. The van der Waals surface area contributed by atoms with E-state index in [9.17, 15) is 13.2 Å². The summed E-state index contributed by atoms with van der Waals surface area (Å²) in [5, 5.41) is 10.6. The average molecular weight is 430 g/mol. The van der Waals surface area contributed by atoms with E-state index in [0.717, 1.165) is 10.3 Å². The van der Waals surface area contributed by atoms with Gasteiger partial charge in [-0.25, -0.2) is 13.1 Å². The van der Waals surface area contributed by atoms with Gasteiger partial charge in [-0.2, -0.15) is 0 Å². The lowest BCUT2D eigenvalue weighted by Crippen LogP contribution is -2.32. The maximum Gasteiger partial charge on any atom is 0.240 e. The predicted molar refractivity (Wildman–Crippen MR) is 96.4 cm³/mol. The van der Waals surface area contributed by atoms with E-state index in [-0.39, 0.29) is 29.7 Å². The Kier molecular flexibility index (Phi) is 6.68. The van der Waals surface area contributed by atoms with Crippen LogP contribution in [0.15, 0.2) is 40.0 Å². The second kappa shape index (κ2) is 8.54. The summed E-state index contributed by atoms with van der Waals surface area (Å²) in [5.41, 5.74) is 0. The largest absolute Gasteiger partial charge is 0.355 e. The van der Waals surface area contributed by atoms with Crippen molar-refractivity contribution >= 4 is 31.9 Å². The molecule has 0 bridgehead atoms. The molecule has 8 nitrogen and oxygen atoms in total. The molecule has 1 amide bonds. The first kappa shape index (κ1) is 19.5. The van der Waals surface area contributed by atoms with E-state index < -0.39 is 10.0 Å². The van der Waals surface area contributed by atoms with E-state index in [1.165, 1.54) is 12.1 Å². The number of rotatable bonds is 8. The molecule has 0 spiro atoms. The summed E-state index contributed by atoms with van der Waals surface area (Å²) in [7, 11) is -1.78. The first-order valence-corrected chi connectivity index (χ1v) is 9.93. The van der Waals surface area contributed by atoms with Crippen LogP contribution in [0.1, 0.15) is 25.1 Å². The number of nitrogens with zero attached hydrogens (tertiary/aromatic N) is 3. The Labute approximate surface area is 155 Å². The van der Waals surface area contributed by atoms with Crippen LogP contribution in [0.5, 0.6) is 0 Å². The first-order valence-electron chi connectivity index (χ1n) is 7.65. The molecule has 25 heavy (non-hydrogen) atoms. The predicted octanol–water partition coefficient (Wildman–Crippen LogP) is 1.17. The van der Waals surface area contributed by atoms with Crippen LogP contribution in [0.2, 0.25) is 0 Å². The summed E-state index contributed by atoms with van der Waals surface area (Å²) in [6.45, 7) is 2.37. The molecule has 10 heteroatoms. The fourth-order valence-corrected chi connectivity index (χ4v) is 3.48. The van der Waals surface area contributed by atoms with Gasteiger partial charge in [0.25, 0.3) is 0 Å². The molecule has 0 fully saturated rings. The Hall–Kier alpha value is -1.78. The second-order valence-electron chi connectivity index (χ2n) is 5.61. The third-order valence-corrected chi connectivity index (χ3v) is 5.57. The molecular formula is C15H20BrN5O3S. The maximum absolute atomic E-state index is 12.1. The third-order valence-electron chi connectivity index (χ3n) is 3.56. The van der Waals surface area contributed by atoms with E-state index in [1.807, 2.05) is 14.0 Å². The highest BCUT2D eigenvalue weighted by Crippen LogP contribution is 2.14. The van der Waals surface area contributed by atoms with E-state index in [1.54, 1.807) is 23.0 Å². The molecule has 0 aliphatic carbocycles. The fourth-order valence-electron chi connectivity index (χ4n) is 2.18. The number of halogens is 1. The van der Waals surface area contributed by atoms with Gasteiger partial charge in [-0.1, -0.05) is 22.9 Å². The van der Waals surface area contributed by atoms with Gasteiger partial charge >= 0.3 is 0 Å². The Morgan fingerprint density at radius 1 is 1.32 bits per heavy atom. The normalized spacial score (nSPS) is 12.8. The van der Waals surface area contributed by atoms with Gasteiger partial charge in [0.1, 0.15) is 12.2 Å². The number of carbonyl (C=O) groups is 1. The molecule has 0 aliphatic rings. The summed E-state index contributed by atoms with van der Waals surface area (Å²) < 4.78 is 29.2. The summed E-state index contributed by atoms with van der Waals surface area (Å²) in [6, 6.07) is 6.29. The second-order valence-corrected chi connectivity index (χ2v) is 8.29. The van der Waals surface area contributed by atoms with E-state index in [4.69, 9.17) is 0 Å². The Bertz CT molecular complexity index is 820. The molecule has 2 rings (SSSR count). The van der Waals surface area contributed by atoms with E-state index in [0.29, 0.717) is 6.54 Å². The minimum atomic E-state index is -3.62. The van der Waals surface area contributed by atoms with Gasteiger partial charge in [-0.3, -0.25) is 4.79 Å². The number of aryl methyl sites for hydroxylation is 1. The summed E-state index contributed by atoms with van der Waals surface area (Å²) >= 11 is 3.25. The number of hydrogen-bond acceptors (Lipinski definition) is 5. The van der Waals surface area contributed by atoms with Crippen LogP contribution in [0, 0.1) is 0 Å². The summed E-state index contributed by atoms with van der Waals surface area (Å²) in [5.74, 6) is 0.555. The van der Waals surface area contributed by atoms with Crippen molar-refractivity contribution in [2.45, 2.75) is 24.2 Å². The number of benzene rings is 1. The monoisotopic (exact) mass is 429 g/mol. The molecule has 1 heterocycles. The number of sulfonamides is 1. The highest BCUT2D eigenvalue weighted by molar-refractivity contribution is 9.10. The molecule has 1 aromatic heterocycles. The van der Waals surface area contributed by atoms with Crippen molar-refractivity contribution < 1.29 is 13.2 Å². The molecule has 0 saturated heterocycles. The van der Waals surface area contributed by atoms with Crippen LogP contribution in [-0.4, -0.2) is 42.2 Å². The highest BCUT2D eigenvalue weighted by Gasteiger charge is 2.15. The molecule has 2 aromatic rings. The van der Waals surface area contributed by atoms with Crippen molar-refractivity contribution in [3.63, 3.8) is 0 Å². The van der Waals surface area contributed by atoms with Gasteiger partial charge in [-0.15, -0.1) is 10.2 Å². The Balaban J connectivity index is 1.76. The van der Waals surface area contributed by atoms with Crippen LogP contribution in [0.4, 0.5) is 0 Å². The van der Waals surface area contributed by atoms with Crippen LogP contribution in [-0.2, 0) is 21.9 Å². The zero-order valence-corrected chi connectivity index (χ0v) is 16.3. The standard InChI is InChI=1S/C15H20BrN5O3S/c1-11(15-20-18-10-21(15)2)9-17-14(22)7-8-19-25(23,24)13-5-3-12(16)4-6-13/h3-6,10-11,19H,7-9H2,1-2H3,(H,17,22)/t11-/m1/s1. The van der Waals surface area contributed by atoms with Crippen LogP contribution >= 0.6 is 15.9 Å². The summed E-state index contributed by atoms with van der Waals surface area (Å²) in [4.78, 5) is 12.0. The fraction of sp³-hybridized carbons (Fsp3) is 0.400. The van der Waals surface area contributed by atoms with Crippen LogP contribution in [0.3, 0.4) is 0 Å². The van der Waals surface area contributed by atoms with Gasteiger partial charge in [0, 0.05) is 36.9 Å². The molecular weight excluding hydrogens is 410 g/mol. The van der Waals surface area contributed by atoms with E-state index in [2.05, 4.69) is 36.2 Å². The topological polar surface area (TPSA) is 106 Å². The van der Waals surface area contributed by atoms with Gasteiger partial charge in [0.15, 0.2) is 0 Å². The van der Waals surface area contributed by atoms with Crippen molar-refractivity contribution in [3.05, 3.63) is 40.9 Å². The van der Waals surface area contributed by atoms with Crippen molar-refractivity contribution in [2.75, 3.05) is 13.1 Å². The molecule has 0 aliphatic heterocycles. The average Bonchev–Trinajstić information content (AvgIpc) is 2.99. The molecule has 0 saturated carbocycles. The molecule has 1 aromatic carbocycles. The molecule has 2 N–H and O–H groups in total.